The second-order valence-corrected chi connectivity index (χ2v) is 4.74. The molecule has 0 saturated heterocycles. The van der Waals surface area contributed by atoms with E-state index in [0.29, 0.717) is 6.54 Å². The zero-order valence-corrected chi connectivity index (χ0v) is 8.94. The number of likely N-dealkylation sites (N-methyl/N-ethyl adjacent to an activating group) is 1. The maximum Gasteiger partial charge on any atom is 0.355 e. The summed E-state index contributed by atoms with van der Waals surface area (Å²) < 4.78 is 10.6. The highest BCUT2D eigenvalue weighted by molar-refractivity contribution is 7.52. The Hall–Kier alpha value is 0.0700. The topological polar surface area (TPSA) is 81.0 Å². The van der Waals surface area contributed by atoms with Crippen LogP contribution < -0.4 is 0 Å². The molecule has 0 heterocycles. The predicted molar refractivity (Wildman–Crippen MR) is 50.5 cm³/mol. The van der Waals surface area contributed by atoms with Crippen LogP contribution in [0.25, 0.3) is 0 Å². The summed E-state index contributed by atoms with van der Waals surface area (Å²) in [6.45, 7) is 5.33. The fourth-order valence-corrected chi connectivity index (χ4v) is 1.48. The first-order valence-corrected chi connectivity index (χ1v) is 6.05. The molecule has 0 aromatic carbocycles. The molecule has 0 fully saturated rings. The molecule has 0 aliphatic rings. The zero-order valence-electron chi connectivity index (χ0n) is 8.05. The molecule has 1 unspecified atom stereocenters. The molecule has 6 heteroatoms. The van der Waals surface area contributed by atoms with Gasteiger partial charge < -0.3 is 19.8 Å². The summed E-state index contributed by atoms with van der Waals surface area (Å²) in [6.07, 6.45) is 0.904. The summed E-state index contributed by atoms with van der Waals surface area (Å²) in [6, 6.07) is 0. The Kier molecular flexibility index (Phi) is 5.76. The fourth-order valence-electron chi connectivity index (χ4n) is 1.03. The predicted octanol–water partition coefficient (Wildman–Crippen LogP) is 0.214. The average molecular weight is 211 g/mol. The molecule has 0 amide bonds. The van der Waals surface area contributed by atoms with E-state index in [1.165, 1.54) is 0 Å². The molecule has 0 aromatic rings. The van der Waals surface area contributed by atoms with E-state index in [9.17, 15) is 4.57 Å². The van der Waals surface area contributed by atoms with Gasteiger partial charge in [0.15, 0.2) is 5.85 Å². The number of nitrogens with zero attached hydrogens (tertiary/aromatic N) is 1. The monoisotopic (exact) mass is 211 g/mol. The lowest BCUT2D eigenvalue weighted by Gasteiger charge is -2.23. The van der Waals surface area contributed by atoms with Crippen LogP contribution in [0.15, 0.2) is 0 Å². The Morgan fingerprint density at radius 2 is 1.92 bits per heavy atom. The van der Waals surface area contributed by atoms with E-state index in [2.05, 4.69) is 0 Å². The van der Waals surface area contributed by atoms with Gasteiger partial charge in [-0.05, 0) is 19.5 Å². The largest absolute Gasteiger partial charge is 0.379 e. The van der Waals surface area contributed by atoms with Crippen LogP contribution in [-0.4, -0.2) is 45.3 Å². The second kappa shape index (κ2) is 5.73. The number of hydrogen-bond acceptors (Lipinski definition) is 3. The molecule has 0 rings (SSSR count). The summed E-state index contributed by atoms with van der Waals surface area (Å²) in [7, 11) is -4.33. The van der Waals surface area contributed by atoms with Gasteiger partial charge >= 0.3 is 7.60 Å². The summed E-state index contributed by atoms with van der Waals surface area (Å²) in [5.74, 6) is -1.56. The molecule has 0 aliphatic carbocycles. The Morgan fingerprint density at radius 1 is 1.38 bits per heavy atom. The molecule has 0 spiro atoms. The van der Waals surface area contributed by atoms with Crippen molar-refractivity contribution in [1.82, 2.24) is 4.90 Å². The second-order valence-electron chi connectivity index (χ2n) is 2.96. The molecule has 0 saturated carbocycles. The molecule has 0 aliphatic heterocycles. The first-order valence-electron chi connectivity index (χ1n) is 4.37. The maximum atomic E-state index is 10.6. The standard InChI is InChI=1S/C7H18NO4P/c1-3-5-8(4-2)6-7(9)13(10,11)12/h7,9H,3-6H2,1-2H3,(H2,10,11,12). The van der Waals surface area contributed by atoms with Crippen LogP contribution in [0.5, 0.6) is 0 Å². The van der Waals surface area contributed by atoms with Crippen molar-refractivity contribution < 1.29 is 19.5 Å². The van der Waals surface area contributed by atoms with E-state index >= 15 is 0 Å². The molecule has 0 aromatic heterocycles. The zero-order chi connectivity index (χ0) is 10.5. The average Bonchev–Trinajstić information content (AvgIpc) is 2.01. The van der Waals surface area contributed by atoms with E-state index in [4.69, 9.17) is 14.9 Å². The van der Waals surface area contributed by atoms with Crippen molar-refractivity contribution in [2.24, 2.45) is 0 Å². The number of rotatable bonds is 6. The van der Waals surface area contributed by atoms with Gasteiger partial charge in [0.05, 0.1) is 0 Å². The smallest absolute Gasteiger partial charge is 0.355 e. The van der Waals surface area contributed by atoms with Gasteiger partial charge in [0.2, 0.25) is 0 Å². The van der Waals surface area contributed by atoms with Crippen LogP contribution in [0.1, 0.15) is 20.3 Å². The van der Waals surface area contributed by atoms with Gasteiger partial charge in [-0.15, -0.1) is 0 Å². The van der Waals surface area contributed by atoms with Gasteiger partial charge in [-0.25, -0.2) is 0 Å². The first kappa shape index (κ1) is 13.1. The Morgan fingerprint density at radius 3 is 2.23 bits per heavy atom. The van der Waals surface area contributed by atoms with Crippen molar-refractivity contribution in [2.75, 3.05) is 19.6 Å². The lowest BCUT2D eigenvalue weighted by atomic mass is 10.4. The molecule has 3 N–H and O–H groups in total. The highest BCUT2D eigenvalue weighted by Gasteiger charge is 2.27. The minimum Gasteiger partial charge on any atom is -0.379 e. The van der Waals surface area contributed by atoms with Gasteiger partial charge in [-0.1, -0.05) is 13.8 Å². The summed E-state index contributed by atoms with van der Waals surface area (Å²) >= 11 is 0. The van der Waals surface area contributed by atoms with Crippen LogP contribution >= 0.6 is 7.60 Å². The van der Waals surface area contributed by atoms with E-state index in [-0.39, 0.29) is 6.54 Å². The summed E-state index contributed by atoms with van der Waals surface area (Å²) in [5.41, 5.74) is 0. The van der Waals surface area contributed by atoms with E-state index in [1.54, 1.807) is 0 Å². The number of hydrogen-bond donors (Lipinski definition) is 3. The summed E-state index contributed by atoms with van der Waals surface area (Å²) in [5, 5.41) is 9.11. The van der Waals surface area contributed by atoms with Crippen molar-refractivity contribution in [2.45, 2.75) is 26.1 Å². The highest BCUT2D eigenvalue weighted by Crippen LogP contribution is 2.39. The first-order chi connectivity index (χ1) is 5.91. The van der Waals surface area contributed by atoms with E-state index in [1.807, 2.05) is 18.7 Å². The van der Waals surface area contributed by atoms with Crippen molar-refractivity contribution in [3.63, 3.8) is 0 Å². The molecule has 5 nitrogen and oxygen atoms in total. The molecule has 13 heavy (non-hydrogen) atoms. The van der Waals surface area contributed by atoms with E-state index in [0.717, 1.165) is 13.0 Å². The highest BCUT2D eigenvalue weighted by atomic mass is 31.2. The fraction of sp³-hybridized carbons (Fsp3) is 1.00. The Bertz CT molecular complexity index is 181. The Balaban J connectivity index is 4.01. The van der Waals surface area contributed by atoms with Gasteiger partial charge in [0.1, 0.15) is 0 Å². The molecule has 0 bridgehead atoms. The normalized spacial score (nSPS) is 14.9. The molecular weight excluding hydrogens is 193 g/mol. The van der Waals surface area contributed by atoms with Crippen LogP contribution in [0.4, 0.5) is 0 Å². The number of aliphatic hydroxyl groups excluding tert-OH is 1. The Labute approximate surface area is 78.5 Å². The van der Waals surface area contributed by atoms with Crippen molar-refractivity contribution >= 4 is 7.60 Å². The van der Waals surface area contributed by atoms with Gasteiger partial charge in [0, 0.05) is 6.54 Å². The molecule has 1 atom stereocenters. The third-order valence-electron chi connectivity index (χ3n) is 1.80. The maximum absolute atomic E-state index is 10.6. The van der Waals surface area contributed by atoms with Crippen LogP contribution in [0, 0.1) is 0 Å². The van der Waals surface area contributed by atoms with Gasteiger partial charge in [-0.2, -0.15) is 0 Å². The lowest BCUT2D eigenvalue weighted by molar-refractivity contribution is 0.144. The van der Waals surface area contributed by atoms with Crippen LogP contribution in [-0.2, 0) is 4.57 Å². The van der Waals surface area contributed by atoms with Gasteiger partial charge in [-0.3, -0.25) is 4.57 Å². The van der Waals surface area contributed by atoms with Crippen molar-refractivity contribution in [3.8, 4) is 0 Å². The third-order valence-corrected chi connectivity index (χ3v) is 2.74. The molecule has 0 radical (unpaired) electrons. The van der Waals surface area contributed by atoms with Crippen molar-refractivity contribution in [3.05, 3.63) is 0 Å². The minimum absolute atomic E-state index is 0.0363. The third kappa shape index (κ3) is 5.39. The van der Waals surface area contributed by atoms with Crippen molar-refractivity contribution in [1.29, 1.82) is 0 Å². The van der Waals surface area contributed by atoms with Crippen LogP contribution in [0.2, 0.25) is 0 Å². The molecule has 80 valence electrons. The minimum atomic E-state index is -4.33. The van der Waals surface area contributed by atoms with Gasteiger partial charge in [0.25, 0.3) is 0 Å². The van der Waals surface area contributed by atoms with Crippen LogP contribution in [0.3, 0.4) is 0 Å². The molecular formula is C7H18NO4P. The van der Waals surface area contributed by atoms with E-state index < -0.39 is 13.4 Å². The quantitative estimate of drug-likeness (QED) is 0.547. The summed E-state index contributed by atoms with van der Waals surface area (Å²) in [4.78, 5) is 19.1. The number of aliphatic hydroxyl groups is 1. The lowest BCUT2D eigenvalue weighted by Crippen LogP contribution is -2.32. The SMILES string of the molecule is CCCN(CC)CC(O)P(=O)(O)O.